The number of esters is 1. The monoisotopic (exact) mass is 373 g/mol. The lowest BCUT2D eigenvalue weighted by atomic mass is 10.1. The number of carbonyl (C=O) groups is 2. The van der Waals surface area contributed by atoms with Crippen molar-refractivity contribution in [1.29, 1.82) is 0 Å². The molecule has 0 radical (unpaired) electrons. The van der Waals surface area contributed by atoms with Crippen LogP contribution < -0.4 is 0 Å². The third-order valence-electron chi connectivity index (χ3n) is 3.96. The number of phenolic OH excluding ortho intramolecular Hbond substituents is 1. The van der Waals surface area contributed by atoms with Crippen molar-refractivity contribution in [3.63, 3.8) is 0 Å². The highest BCUT2D eigenvalue weighted by Gasteiger charge is 2.25. The number of hydrogen-bond acceptors (Lipinski definition) is 4. The van der Waals surface area contributed by atoms with Crippen LogP contribution in [0.5, 0.6) is 5.75 Å². The Morgan fingerprint density at radius 1 is 1.15 bits per heavy atom. The maximum atomic E-state index is 12.1. The molecule has 7 heteroatoms. The Morgan fingerprint density at radius 3 is 2.46 bits per heavy atom. The standard InChI is InChI=1S/C19H16ClNO5/c1-2-26-17(23)10-16-18(19(24)25)14-9-13(22)7-8-15(14)21(16)12-5-3-11(20)4-6-12/h3-9,22H,2,10H2,1H3,(H,24,25). The molecule has 0 saturated carbocycles. The van der Waals surface area contributed by atoms with Gasteiger partial charge in [-0.3, -0.25) is 4.79 Å². The van der Waals surface area contributed by atoms with Crippen molar-refractivity contribution in [3.05, 3.63) is 58.7 Å². The number of nitrogens with zero attached hydrogens (tertiary/aromatic N) is 1. The Morgan fingerprint density at radius 2 is 1.85 bits per heavy atom. The molecule has 0 aliphatic heterocycles. The third-order valence-corrected chi connectivity index (χ3v) is 4.22. The number of carbonyl (C=O) groups excluding carboxylic acids is 1. The molecule has 1 aromatic heterocycles. The number of phenols is 1. The highest BCUT2D eigenvalue weighted by atomic mass is 35.5. The van der Waals surface area contributed by atoms with Crippen molar-refractivity contribution in [2.75, 3.05) is 6.61 Å². The smallest absolute Gasteiger partial charge is 0.338 e. The molecule has 0 unspecified atom stereocenters. The molecule has 0 bridgehead atoms. The molecule has 26 heavy (non-hydrogen) atoms. The van der Waals surface area contributed by atoms with Crippen molar-refractivity contribution >= 4 is 34.4 Å². The normalized spacial score (nSPS) is 10.8. The molecule has 134 valence electrons. The van der Waals surface area contributed by atoms with Crippen LogP contribution in [0, 0.1) is 0 Å². The summed E-state index contributed by atoms with van der Waals surface area (Å²) in [7, 11) is 0. The molecule has 0 atom stereocenters. The van der Waals surface area contributed by atoms with E-state index in [2.05, 4.69) is 0 Å². The maximum absolute atomic E-state index is 12.1. The van der Waals surface area contributed by atoms with Gasteiger partial charge < -0.3 is 19.5 Å². The average molecular weight is 374 g/mol. The molecule has 0 aliphatic carbocycles. The van der Waals surface area contributed by atoms with E-state index < -0.39 is 11.9 Å². The number of hydrogen-bond donors (Lipinski definition) is 2. The second kappa shape index (κ2) is 7.09. The highest BCUT2D eigenvalue weighted by Crippen LogP contribution is 2.33. The van der Waals surface area contributed by atoms with Crippen LogP contribution in [-0.2, 0) is 16.0 Å². The second-order valence-corrected chi connectivity index (χ2v) is 6.06. The predicted octanol–water partition coefficient (Wildman–Crippen LogP) is 3.79. The van der Waals surface area contributed by atoms with Gasteiger partial charge >= 0.3 is 11.9 Å². The maximum Gasteiger partial charge on any atom is 0.338 e. The fourth-order valence-electron chi connectivity index (χ4n) is 2.97. The van der Waals surface area contributed by atoms with E-state index in [1.807, 2.05) is 0 Å². The number of aromatic carboxylic acids is 1. The van der Waals surface area contributed by atoms with E-state index in [0.717, 1.165) is 0 Å². The zero-order chi connectivity index (χ0) is 18.8. The quantitative estimate of drug-likeness (QED) is 0.664. The van der Waals surface area contributed by atoms with Gasteiger partial charge in [0.2, 0.25) is 0 Å². The number of fused-ring (bicyclic) bond motifs is 1. The first kappa shape index (κ1) is 17.8. The van der Waals surface area contributed by atoms with Crippen molar-refractivity contribution < 1.29 is 24.5 Å². The van der Waals surface area contributed by atoms with E-state index in [0.29, 0.717) is 21.6 Å². The van der Waals surface area contributed by atoms with Gasteiger partial charge in [-0.05, 0) is 49.4 Å². The summed E-state index contributed by atoms with van der Waals surface area (Å²) in [5.41, 5.74) is 1.44. The lowest BCUT2D eigenvalue weighted by molar-refractivity contribution is -0.142. The molecule has 0 amide bonds. The van der Waals surface area contributed by atoms with Crippen LogP contribution in [0.15, 0.2) is 42.5 Å². The topological polar surface area (TPSA) is 88.8 Å². The van der Waals surface area contributed by atoms with Crippen LogP contribution in [0.3, 0.4) is 0 Å². The van der Waals surface area contributed by atoms with E-state index >= 15 is 0 Å². The Bertz CT molecular complexity index is 991. The number of carboxylic acid groups (broad SMARTS) is 1. The van der Waals surface area contributed by atoms with Crippen molar-refractivity contribution in [1.82, 2.24) is 4.57 Å². The van der Waals surface area contributed by atoms with Crippen LogP contribution in [0.25, 0.3) is 16.6 Å². The third kappa shape index (κ3) is 3.23. The first-order valence-corrected chi connectivity index (χ1v) is 8.31. The first-order valence-electron chi connectivity index (χ1n) is 7.93. The number of halogens is 1. The number of rotatable bonds is 5. The summed E-state index contributed by atoms with van der Waals surface area (Å²) in [6.45, 7) is 1.88. The summed E-state index contributed by atoms with van der Waals surface area (Å²) in [4.78, 5) is 24.0. The zero-order valence-electron chi connectivity index (χ0n) is 13.9. The van der Waals surface area contributed by atoms with Crippen molar-refractivity contribution in [2.45, 2.75) is 13.3 Å². The van der Waals surface area contributed by atoms with E-state index in [9.17, 15) is 19.8 Å². The minimum Gasteiger partial charge on any atom is -0.508 e. The zero-order valence-corrected chi connectivity index (χ0v) is 14.7. The fraction of sp³-hybridized carbons (Fsp3) is 0.158. The van der Waals surface area contributed by atoms with E-state index in [4.69, 9.17) is 16.3 Å². The summed E-state index contributed by atoms with van der Waals surface area (Å²) in [6.07, 6.45) is -0.215. The van der Waals surface area contributed by atoms with E-state index in [1.54, 1.807) is 41.8 Å². The van der Waals surface area contributed by atoms with Crippen LogP contribution in [0.2, 0.25) is 5.02 Å². The lowest BCUT2D eigenvalue weighted by Crippen LogP contribution is -2.14. The van der Waals surface area contributed by atoms with E-state index in [-0.39, 0.29) is 30.0 Å². The minimum atomic E-state index is -1.19. The van der Waals surface area contributed by atoms with Crippen LogP contribution in [0.1, 0.15) is 23.0 Å². The molecule has 0 aliphatic rings. The molecule has 1 heterocycles. The summed E-state index contributed by atoms with van der Waals surface area (Å²) >= 11 is 5.95. The summed E-state index contributed by atoms with van der Waals surface area (Å²) in [6, 6.07) is 11.3. The van der Waals surface area contributed by atoms with Crippen LogP contribution in [0.4, 0.5) is 0 Å². The number of aromatic hydroxyl groups is 1. The summed E-state index contributed by atoms with van der Waals surface area (Å²) < 4.78 is 6.67. The number of carboxylic acids is 1. The molecular formula is C19H16ClNO5. The molecular weight excluding hydrogens is 358 g/mol. The molecule has 0 spiro atoms. The molecule has 3 aromatic rings. The van der Waals surface area contributed by atoms with Gasteiger partial charge in [0.05, 0.1) is 24.1 Å². The summed E-state index contributed by atoms with van der Waals surface area (Å²) in [5, 5.41) is 20.4. The van der Waals surface area contributed by atoms with Crippen molar-refractivity contribution in [2.24, 2.45) is 0 Å². The van der Waals surface area contributed by atoms with Gasteiger partial charge in [-0.2, -0.15) is 0 Å². The van der Waals surface area contributed by atoms with E-state index in [1.165, 1.54) is 12.1 Å². The number of ether oxygens (including phenoxy) is 1. The average Bonchev–Trinajstić information content (AvgIpc) is 2.88. The Labute approximate surface area is 154 Å². The van der Waals surface area contributed by atoms with Gasteiger partial charge in [0, 0.05) is 21.8 Å². The molecule has 2 N–H and O–H groups in total. The van der Waals surface area contributed by atoms with Crippen molar-refractivity contribution in [3.8, 4) is 11.4 Å². The number of aromatic nitrogens is 1. The van der Waals surface area contributed by atoms with Crippen LogP contribution in [-0.4, -0.2) is 33.3 Å². The van der Waals surface area contributed by atoms with Gasteiger partial charge in [-0.25, -0.2) is 4.79 Å². The highest BCUT2D eigenvalue weighted by molar-refractivity contribution is 6.30. The largest absolute Gasteiger partial charge is 0.508 e. The Kier molecular flexibility index (Phi) is 4.86. The molecule has 0 fully saturated rings. The first-order chi connectivity index (χ1) is 12.4. The molecule has 3 rings (SSSR count). The van der Waals surface area contributed by atoms with Gasteiger partial charge in [0.15, 0.2) is 0 Å². The Hall–Kier alpha value is -2.99. The molecule has 2 aromatic carbocycles. The lowest BCUT2D eigenvalue weighted by Gasteiger charge is -2.11. The second-order valence-electron chi connectivity index (χ2n) is 5.62. The van der Waals surface area contributed by atoms with Gasteiger partial charge in [-0.1, -0.05) is 11.6 Å². The van der Waals surface area contributed by atoms with Gasteiger partial charge in [0.25, 0.3) is 0 Å². The van der Waals surface area contributed by atoms with Crippen LogP contribution >= 0.6 is 11.6 Å². The van der Waals surface area contributed by atoms with Gasteiger partial charge in [0.1, 0.15) is 5.75 Å². The summed E-state index contributed by atoms with van der Waals surface area (Å²) in [5.74, 6) is -1.78. The SMILES string of the molecule is CCOC(=O)Cc1c(C(=O)O)c2cc(O)ccc2n1-c1ccc(Cl)cc1. The van der Waals surface area contributed by atoms with Gasteiger partial charge in [-0.15, -0.1) is 0 Å². The minimum absolute atomic E-state index is 0.0427. The molecule has 6 nitrogen and oxygen atoms in total. The number of benzene rings is 2. The molecule has 0 saturated heterocycles. The fourth-order valence-corrected chi connectivity index (χ4v) is 3.10. The predicted molar refractivity (Wildman–Crippen MR) is 97.2 cm³/mol. The Balaban J connectivity index is 2.33.